The molecule has 3 rings (SSSR count). The Morgan fingerprint density at radius 3 is 1.53 bits per heavy atom. The molecule has 78 heavy (non-hydrogen) atoms. The van der Waals surface area contributed by atoms with Crippen molar-refractivity contribution < 1.29 is 78.6 Å². The van der Waals surface area contributed by atoms with Crippen molar-refractivity contribution in [1.82, 2.24) is 47.5 Å². The fourth-order valence-corrected chi connectivity index (χ4v) is 7.98. The number of aliphatic carboxylic acids is 1. The van der Waals surface area contributed by atoms with Gasteiger partial charge in [0.15, 0.2) is 0 Å². The van der Waals surface area contributed by atoms with E-state index in [1.54, 1.807) is 51.2 Å². The van der Waals surface area contributed by atoms with Gasteiger partial charge in [-0.05, 0) is 68.4 Å². The average Bonchev–Trinajstić information content (AvgIpc) is 3.78. The fraction of sp³-hybridized carbons (Fsp3) is 0.529. The molecule has 0 radical (unpaired) electrons. The minimum atomic E-state index is -1.86. The third-order valence-corrected chi connectivity index (χ3v) is 12.6. The Morgan fingerprint density at radius 2 is 1.01 bits per heavy atom. The van der Waals surface area contributed by atoms with Gasteiger partial charge in [-0.1, -0.05) is 64.4 Å². The minimum Gasteiger partial charge on any atom is -0.508 e. The number of amides is 9. The van der Waals surface area contributed by atoms with Gasteiger partial charge < -0.3 is 89.6 Å². The summed E-state index contributed by atoms with van der Waals surface area (Å²) < 4.78 is 0. The van der Waals surface area contributed by atoms with Gasteiger partial charge in [0.25, 0.3) is 0 Å². The highest BCUT2D eigenvalue weighted by Gasteiger charge is 2.39. The maximum Gasteiger partial charge on any atom is 0.326 e. The van der Waals surface area contributed by atoms with Crippen molar-refractivity contribution >= 4 is 70.0 Å². The van der Waals surface area contributed by atoms with Crippen molar-refractivity contribution in [3.63, 3.8) is 0 Å². The van der Waals surface area contributed by atoms with Crippen LogP contribution in [0, 0.1) is 11.8 Å². The summed E-state index contributed by atoms with van der Waals surface area (Å²) in [5.74, 6) is -12.3. The number of primary amides is 1. The van der Waals surface area contributed by atoms with Crippen LogP contribution in [0.15, 0.2) is 54.7 Å². The molecule has 0 saturated heterocycles. The van der Waals surface area contributed by atoms with Crippen molar-refractivity contribution in [2.24, 2.45) is 23.3 Å². The predicted octanol–water partition coefficient (Wildman–Crippen LogP) is -3.95. The summed E-state index contributed by atoms with van der Waals surface area (Å²) in [6.45, 7) is 9.23. The number of fused-ring (bicyclic) bond motifs is 1. The van der Waals surface area contributed by atoms with E-state index in [9.17, 15) is 78.6 Å². The van der Waals surface area contributed by atoms with Crippen LogP contribution in [-0.4, -0.2) is 174 Å². The number of hydrogen-bond acceptors (Lipinski definition) is 16. The third-order valence-electron chi connectivity index (χ3n) is 12.6. The Balaban J connectivity index is 1.90. The zero-order valence-corrected chi connectivity index (χ0v) is 44.4. The lowest BCUT2D eigenvalue weighted by Crippen LogP contribution is -2.64. The summed E-state index contributed by atoms with van der Waals surface area (Å²) in [6, 6.07) is -2.29. The average molecular weight is 1100 g/mol. The Hall–Kier alpha value is -7.72. The highest BCUT2D eigenvalue weighted by atomic mass is 16.4. The fourth-order valence-electron chi connectivity index (χ4n) is 7.98. The predicted molar refractivity (Wildman–Crippen MR) is 280 cm³/mol. The Morgan fingerprint density at radius 1 is 0.564 bits per heavy atom. The number of benzene rings is 2. The number of aromatic nitrogens is 1. The van der Waals surface area contributed by atoms with Crippen LogP contribution in [0.2, 0.25) is 0 Å². The number of aromatic hydroxyl groups is 1. The van der Waals surface area contributed by atoms with Gasteiger partial charge in [0.05, 0.1) is 31.3 Å². The van der Waals surface area contributed by atoms with Gasteiger partial charge in [-0.15, -0.1) is 0 Å². The molecule has 13 atom stereocenters. The molecule has 2 aromatic carbocycles. The number of hydrogen-bond donors (Lipinski definition) is 17. The monoisotopic (exact) mass is 1100 g/mol. The van der Waals surface area contributed by atoms with Crippen molar-refractivity contribution in [2.45, 2.75) is 153 Å². The van der Waals surface area contributed by atoms with E-state index in [1.165, 1.54) is 31.2 Å². The van der Waals surface area contributed by atoms with Crippen LogP contribution in [0.4, 0.5) is 0 Å². The van der Waals surface area contributed by atoms with Crippen molar-refractivity contribution in [1.29, 1.82) is 0 Å². The number of nitrogens with one attached hydrogen (secondary N) is 9. The summed E-state index contributed by atoms with van der Waals surface area (Å²) in [5.41, 5.74) is 12.7. The number of carboxylic acids is 1. The van der Waals surface area contributed by atoms with Crippen LogP contribution in [-0.2, 0) is 60.8 Å². The second-order valence-corrected chi connectivity index (χ2v) is 19.7. The van der Waals surface area contributed by atoms with Crippen LogP contribution < -0.4 is 54.0 Å². The van der Waals surface area contributed by atoms with Crippen LogP contribution in [0.5, 0.6) is 5.75 Å². The van der Waals surface area contributed by atoms with Crippen LogP contribution in [0.25, 0.3) is 10.9 Å². The summed E-state index contributed by atoms with van der Waals surface area (Å²) >= 11 is 0. The Kier molecular flexibility index (Phi) is 25.1. The number of aliphatic hydroxyl groups is 4. The molecular formula is C51H75N11O16. The van der Waals surface area contributed by atoms with Gasteiger partial charge in [0.2, 0.25) is 53.2 Å². The molecule has 0 fully saturated rings. The van der Waals surface area contributed by atoms with E-state index in [-0.39, 0.29) is 37.4 Å². The van der Waals surface area contributed by atoms with Gasteiger partial charge in [0.1, 0.15) is 60.1 Å². The highest BCUT2D eigenvalue weighted by Crippen LogP contribution is 2.20. The van der Waals surface area contributed by atoms with E-state index >= 15 is 0 Å². The van der Waals surface area contributed by atoms with Gasteiger partial charge in [-0.25, -0.2) is 4.79 Å². The number of H-pyrrole nitrogens is 1. The second-order valence-electron chi connectivity index (χ2n) is 19.7. The van der Waals surface area contributed by atoms with E-state index in [2.05, 4.69) is 47.5 Å². The molecule has 3 aromatic rings. The molecule has 0 aliphatic heterocycles. The molecule has 0 aliphatic rings. The number of aromatic amines is 1. The normalized spacial score (nSPS) is 16.4. The number of carbonyl (C=O) groups excluding carboxylic acids is 9. The molecular weight excluding hydrogens is 1020 g/mol. The van der Waals surface area contributed by atoms with Crippen molar-refractivity contribution in [3.8, 4) is 5.75 Å². The molecule has 19 N–H and O–H groups in total. The van der Waals surface area contributed by atoms with E-state index in [0.29, 0.717) is 11.1 Å². The smallest absolute Gasteiger partial charge is 0.326 e. The number of para-hydroxylation sites is 1. The minimum absolute atomic E-state index is 0.0167. The van der Waals surface area contributed by atoms with E-state index < -0.39 is 151 Å². The van der Waals surface area contributed by atoms with Crippen LogP contribution >= 0.6 is 0 Å². The van der Waals surface area contributed by atoms with Crippen LogP contribution in [0.3, 0.4) is 0 Å². The zero-order chi connectivity index (χ0) is 58.7. The molecule has 1 heterocycles. The summed E-state index contributed by atoms with van der Waals surface area (Å²) in [5, 5.41) is 80.7. The second kappa shape index (κ2) is 30.3. The molecule has 1 aromatic heterocycles. The Bertz CT molecular complexity index is 2570. The first kappa shape index (κ1) is 64.6. The van der Waals surface area contributed by atoms with Crippen molar-refractivity contribution in [3.05, 3.63) is 65.9 Å². The Labute approximate surface area is 449 Å². The van der Waals surface area contributed by atoms with E-state index in [0.717, 1.165) is 31.7 Å². The van der Waals surface area contributed by atoms with Gasteiger partial charge in [-0.3, -0.25) is 43.2 Å². The number of carboxylic acid groups (broad SMARTS) is 1. The van der Waals surface area contributed by atoms with Gasteiger partial charge in [0, 0.05) is 29.9 Å². The first-order chi connectivity index (χ1) is 36.6. The number of aliphatic hydroxyl groups excluding tert-OH is 4. The maximum absolute atomic E-state index is 14.3. The summed E-state index contributed by atoms with van der Waals surface area (Å²) in [4.78, 5) is 138. The van der Waals surface area contributed by atoms with E-state index in [1.807, 2.05) is 0 Å². The van der Waals surface area contributed by atoms with Crippen LogP contribution in [0.1, 0.15) is 78.9 Å². The lowest BCUT2D eigenvalue weighted by molar-refractivity contribution is -0.142. The standard InChI is InChI=1S/C51H75N11O16/c1-8-24(4)39(59-49(75)42(27(7)66)62-50(76)41(26(6)65)60-43(69)32(52)22-63)47(73)57-36(20-38(53)68)45(71)55-35(18-28-13-15-30(67)16-14-28)46(72)61-40(25(5)64)48(74)56-34(17-23(2)3)44(70)58-37(51(77)78)19-29-21-54-33-12-10-9-11-31(29)33/h9-16,21,23-27,32,34-37,39-42,54,63-67H,8,17-20,22,52H2,1-7H3,(H2,53,68)(H,55,71)(H,56,74)(H,57,73)(H,58,70)(H,59,75)(H,60,69)(H,61,72)(H,62,76)(H,77,78)/t24-,25+,26+,27+,32-,34-,35-,36-,37-,39-,40-,41-,42-/m0/s1. The first-order valence-corrected chi connectivity index (χ1v) is 25.3. The lowest BCUT2D eigenvalue weighted by atomic mass is 9.96. The quantitative estimate of drug-likeness (QED) is 0.0292. The molecule has 0 saturated carbocycles. The topological polar surface area (TPSA) is 456 Å². The van der Waals surface area contributed by atoms with Crippen molar-refractivity contribution in [2.75, 3.05) is 6.61 Å². The molecule has 9 amide bonds. The molecule has 27 nitrogen and oxygen atoms in total. The summed E-state index contributed by atoms with van der Waals surface area (Å²) in [6.07, 6.45) is -4.48. The lowest BCUT2D eigenvalue weighted by Gasteiger charge is -2.30. The molecule has 0 aliphatic carbocycles. The molecule has 27 heteroatoms. The van der Waals surface area contributed by atoms with E-state index in [4.69, 9.17) is 11.5 Å². The maximum atomic E-state index is 14.3. The number of phenols is 1. The van der Waals surface area contributed by atoms with Gasteiger partial charge >= 0.3 is 5.97 Å². The third kappa shape index (κ3) is 19.4. The highest BCUT2D eigenvalue weighted by molar-refractivity contribution is 5.99. The number of carbonyl (C=O) groups is 10. The summed E-state index contributed by atoms with van der Waals surface area (Å²) in [7, 11) is 0. The number of rotatable bonds is 31. The first-order valence-electron chi connectivity index (χ1n) is 25.3. The molecule has 430 valence electrons. The SMILES string of the molecule is CC[C@H](C)[C@H](NC(=O)[C@@H](NC(=O)[C@@H](NC(=O)[C@@H](N)CO)[C@@H](C)O)[C@@H](C)O)C(=O)N[C@@H](CC(N)=O)C(=O)N[C@@H](Cc1ccc(O)cc1)C(=O)N[C@H](C(=O)N[C@@H](CC(C)C)C(=O)N[C@@H](Cc1c[nH]c2ccccc12)C(=O)O)[C@@H](C)O. The number of nitrogens with two attached hydrogens (primary N) is 2. The molecule has 0 spiro atoms. The molecule has 0 unspecified atom stereocenters. The number of phenolic OH excluding ortho intramolecular Hbond substituents is 1. The van der Waals surface area contributed by atoms with Gasteiger partial charge in [-0.2, -0.15) is 0 Å². The zero-order valence-electron chi connectivity index (χ0n) is 44.4. The molecule has 0 bridgehead atoms. The largest absolute Gasteiger partial charge is 0.508 e.